The number of nitrogen functional groups attached to an aromatic ring is 1. The van der Waals surface area contributed by atoms with Crippen LogP contribution in [0.5, 0.6) is 0 Å². The van der Waals surface area contributed by atoms with Gasteiger partial charge in [-0.15, -0.1) is 0 Å². The summed E-state index contributed by atoms with van der Waals surface area (Å²) >= 11 is 0. The van der Waals surface area contributed by atoms with Crippen molar-refractivity contribution in [1.29, 1.82) is 0 Å². The van der Waals surface area contributed by atoms with E-state index in [1.165, 1.54) is 4.90 Å². The van der Waals surface area contributed by atoms with Crippen LogP contribution in [0.25, 0.3) is 0 Å². The second kappa shape index (κ2) is 6.78. The van der Waals surface area contributed by atoms with Crippen LogP contribution < -0.4 is 11.1 Å². The molecular formula is C15H24N4O2. The molecule has 1 aromatic carbocycles. The van der Waals surface area contributed by atoms with Gasteiger partial charge in [-0.05, 0) is 25.2 Å². The zero-order valence-corrected chi connectivity index (χ0v) is 12.9. The van der Waals surface area contributed by atoms with Gasteiger partial charge in [0, 0.05) is 39.3 Å². The van der Waals surface area contributed by atoms with Gasteiger partial charge in [0.2, 0.25) is 0 Å². The van der Waals surface area contributed by atoms with Crippen LogP contribution in [0.4, 0.5) is 11.4 Å². The Bertz CT molecular complexity index is 504. The fourth-order valence-electron chi connectivity index (χ4n) is 2.33. The molecule has 0 aromatic heterocycles. The minimum absolute atomic E-state index is 0.0505. The van der Waals surface area contributed by atoms with E-state index >= 15 is 0 Å². The fraction of sp³-hybridized carbons (Fsp3) is 0.533. The Morgan fingerprint density at radius 1 is 1.52 bits per heavy atom. The van der Waals surface area contributed by atoms with E-state index in [-0.39, 0.29) is 12.0 Å². The number of nitrogens with two attached hydrogens (primary N) is 1. The van der Waals surface area contributed by atoms with Crippen LogP contribution in [0.15, 0.2) is 18.2 Å². The van der Waals surface area contributed by atoms with E-state index in [4.69, 9.17) is 10.5 Å². The molecule has 3 N–H and O–H groups in total. The minimum atomic E-state index is -0.0505. The van der Waals surface area contributed by atoms with Crippen LogP contribution in [0.2, 0.25) is 0 Å². The number of hydrogen-bond acceptors (Lipinski definition) is 5. The molecule has 0 saturated carbocycles. The summed E-state index contributed by atoms with van der Waals surface area (Å²) in [6.07, 6.45) is 0.159. The Morgan fingerprint density at radius 2 is 2.29 bits per heavy atom. The average Bonchev–Trinajstić information content (AvgIpc) is 2.45. The standard InChI is InChI=1S/C15H24N4O2/c1-18(2)15(20)11-4-5-14(13(16)8-11)17-9-12-10-19(3)6-7-21-12/h4-5,8,12,17H,6-7,9-10,16H2,1-3H3. The van der Waals surface area contributed by atoms with Gasteiger partial charge in [-0.3, -0.25) is 4.79 Å². The maximum absolute atomic E-state index is 11.9. The molecule has 1 heterocycles. The van der Waals surface area contributed by atoms with Crippen LogP contribution in [-0.4, -0.2) is 69.2 Å². The molecule has 1 atom stereocenters. The first-order valence-corrected chi connectivity index (χ1v) is 7.12. The lowest BCUT2D eigenvalue weighted by Gasteiger charge is -2.30. The van der Waals surface area contributed by atoms with Crippen molar-refractivity contribution in [1.82, 2.24) is 9.80 Å². The van der Waals surface area contributed by atoms with E-state index in [9.17, 15) is 4.79 Å². The van der Waals surface area contributed by atoms with Crippen LogP contribution >= 0.6 is 0 Å². The van der Waals surface area contributed by atoms with Gasteiger partial charge in [-0.25, -0.2) is 0 Å². The number of anilines is 2. The maximum Gasteiger partial charge on any atom is 0.253 e. The molecule has 1 unspecified atom stereocenters. The van der Waals surface area contributed by atoms with Gasteiger partial charge in [0.25, 0.3) is 5.91 Å². The fourth-order valence-corrected chi connectivity index (χ4v) is 2.33. The molecule has 1 aromatic rings. The lowest BCUT2D eigenvalue weighted by atomic mass is 10.1. The third-order valence-corrected chi connectivity index (χ3v) is 3.57. The summed E-state index contributed by atoms with van der Waals surface area (Å²) in [5.41, 5.74) is 8.02. The zero-order chi connectivity index (χ0) is 15.4. The van der Waals surface area contributed by atoms with Crippen molar-refractivity contribution in [3.05, 3.63) is 23.8 Å². The molecule has 21 heavy (non-hydrogen) atoms. The Labute approximate surface area is 125 Å². The number of hydrogen-bond donors (Lipinski definition) is 2. The number of nitrogens with zero attached hydrogens (tertiary/aromatic N) is 2. The number of rotatable bonds is 4. The van der Waals surface area contributed by atoms with Gasteiger partial charge in [-0.2, -0.15) is 0 Å². The molecule has 116 valence electrons. The van der Waals surface area contributed by atoms with Crippen molar-refractivity contribution in [3.63, 3.8) is 0 Å². The van der Waals surface area contributed by atoms with E-state index in [0.29, 0.717) is 17.8 Å². The summed E-state index contributed by atoms with van der Waals surface area (Å²) in [5.74, 6) is -0.0505. The topological polar surface area (TPSA) is 70.8 Å². The largest absolute Gasteiger partial charge is 0.397 e. The summed E-state index contributed by atoms with van der Waals surface area (Å²) < 4.78 is 5.70. The first-order chi connectivity index (χ1) is 9.97. The number of amides is 1. The van der Waals surface area contributed by atoms with E-state index in [0.717, 1.165) is 25.4 Å². The molecule has 1 aliphatic rings. The Morgan fingerprint density at radius 3 is 2.90 bits per heavy atom. The number of carbonyl (C=O) groups excluding carboxylic acids is 1. The molecule has 1 amide bonds. The van der Waals surface area contributed by atoms with Gasteiger partial charge in [0.15, 0.2) is 0 Å². The molecule has 1 aliphatic heterocycles. The summed E-state index contributed by atoms with van der Waals surface area (Å²) in [5, 5.41) is 3.30. The third-order valence-electron chi connectivity index (χ3n) is 3.57. The normalized spacial score (nSPS) is 19.3. The number of morpholine rings is 1. The molecule has 0 aliphatic carbocycles. The number of ether oxygens (including phenoxy) is 1. The van der Waals surface area contributed by atoms with Gasteiger partial charge < -0.3 is 25.6 Å². The number of benzene rings is 1. The van der Waals surface area contributed by atoms with Crippen molar-refractivity contribution in [3.8, 4) is 0 Å². The number of likely N-dealkylation sites (N-methyl/N-ethyl adjacent to an activating group) is 1. The molecule has 6 heteroatoms. The van der Waals surface area contributed by atoms with Gasteiger partial charge in [0.1, 0.15) is 0 Å². The van der Waals surface area contributed by atoms with Gasteiger partial charge in [0.05, 0.1) is 24.1 Å². The third kappa shape index (κ3) is 4.09. The Balaban J connectivity index is 1.96. The minimum Gasteiger partial charge on any atom is -0.397 e. The van der Waals surface area contributed by atoms with E-state index in [2.05, 4.69) is 17.3 Å². The summed E-state index contributed by atoms with van der Waals surface area (Å²) in [4.78, 5) is 15.7. The molecule has 0 radical (unpaired) electrons. The quantitative estimate of drug-likeness (QED) is 0.800. The van der Waals surface area contributed by atoms with Crippen molar-refractivity contribution >= 4 is 17.3 Å². The highest BCUT2D eigenvalue weighted by molar-refractivity contribution is 5.95. The molecule has 2 rings (SSSR count). The monoisotopic (exact) mass is 292 g/mol. The highest BCUT2D eigenvalue weighted by atomic mass is 16.5. The van der Waals surface area contributed by atoms with Crippen LogP contribution in [0.3, 0.4) is 0 Å². The number of carbonyl (C=O) groups is 1. The van der Waals surface area contributed by atoms with Crippen LogP contribution in [0, 0.1) is 0 Å². The second-order valence-corrected chi connectivity index (χ2v) is 5.64. The van der Waals surface area contributed by atoms with Crippen molar-refractivity contribution in [2.24, 2.45) is 0 Å². The van der Waals surface area contributed by atoms with Crippen molar-refractivity contribution in [2.75, 3.05) is 58.4 Å². The number of nitrogens with one attached hydrogen (secondary N) is 1. The Hall–Kier alpha value is -1.79. The van der Waals surface area contributed by atoms with Crippen molar-refractivity contribution < 1.29 is 9.53 Å². The lowest BCUT2D eigenvalue weighted by Crippen LogP contribution is -2.43. The van der Waals surface area contributed by atoms with Gasteiger partial charge in [-0.1, -0.05) is 0 Å². The Kier molecular flexibility index (Phi) is 5.03. The second-order valence-electron chi connectivity index (χ2n) is 5.64. The summed E-state index contributed by atoms with van der Waals surface area (Å²) in [6, 6.07) is 5.34. The molecular weight excluding hydrogens is 268 g/mol. The molecule has 1 saturated heterocycles. The summed E-state index contributed by atoms with van der Waals surface area (Å²) in [6.45, 7) is 3.34. The maximum atomic E-state index is 11.9. The molecule has 0 bridgehead atoms. The first-order valence-electron chi connectivity index (χ1n) is 7.12. The highest BCUT2D eigenvalue weighted by Crippen LogP contribution is 2.21. The van der Waals surface area contributed by atoms with E-state index < -0.39 is 0 Å². The molecule has 0 spiro atoms. The molecule has 1 fully saturated rings. The predicted molar refractivity (Wildman–Crippen MR) is 84.6 cm³/mol. The highest BCUT2D eigenvalue weighted by Gasteiger charge is 2.17. The lowest BCUT2D eigenvalue weighted by molar-refractivity contribution is -0.0117. The first kappa shape index (κ1) is 15.6. The predicted octanol–water partition coefficient (Wildman–Crippen LogP) is 0.713. The zero-order valence-electron chi connectivity index (χ0n) is 12.9. The average molecular weight is 292 g/mol. The van der Waals surface area contributed by atoms with Gasteiger partial charge >= 0.3 is 0 Å². The SMILES string of the molecule is CN1CCOC(CNc2ccc(C(=O)N(C)C)cc2N)C1. The van der Waals surface area contributed by atoms with E-state index in [1.807, 2.05) is 6.07 Å². The van der Waals surface area contributed by atoms with Crippen LogP contribution in [-0.2, 0) is 4.74 Å². The molecule has 6 nitrogen and oxygen atoms in total. The van der Waals surface area contributed by atoms with Crippen molar-refractivity contribution in [2.45, 2.75) is 6.10 Å². The van der Waals surface area contributed by atoms with Crippen LogP contribution in [0.1, 0.15) is 10.4 Å². The van der Waals surface area contributed by atoms with E-state index in [1.54, 1.807) is 26.2 Å². The smallest absolute Gasteiger partial charge is 0.253 e. The summed E-state index contributed by atoms with van der Waals surface area (Å²) in [7, 11) is 5.54.